The molecule has 5 fully saturated rings. The lowest BCUT2D eigenvalue weighted by Crippen LogP contribution is -2.64. The third-order valence-corrected chi connectivity index (χ3v) is 10.5. The van der Waals surface area contributed by atoms with E-state index in [0.29, 0.717) is 12.8 Å². The minimum Gasteiger partial charge on any atom is -0.427 e. The van der Waals surface area contributed by atoms with E-state index in [1.54, 1.807) is 0 Å². The van der Waals surface area contributed by atoms with Crippen LogP contribution in [0.4, 0.5) is 0 Å². The number of ether oxygens (including phenoxy) is 7. The Morgan fingerprint density at radius 3 is 1.61 bits per heavy atom. The number of fused-ring (bicyclic) bond motifs is 1. The molecule has 0 aromatic carbocycles. The molecule has 0 aromatic heterocycles. The van der Waals surface area contributed by atoms with Crippen molar-refractivity contribution in [2.45, 2.75) is 142 Å². The predicted molar refractivity (Wildman–Crippen MR) is 151 cm³/mol. The Morgan fingerprint density at radius 2 is 1.11 bits per heavy atom. The minimum absolute atomic E-state index is 0.107. The topological polar surface area (TPSA) is 270 Å². The molecule has 2 aliphatic carbocycles. The first-order valence-electron chi connectivity index (χ1n) is 16.0. The number of methoxy groups -OCH3 is 2. The van der Waals surface area contributed by atoms with E-state index in [0.717, 1.165) is 0 Å². The van der Waals surface area contributed by atoms with Gasteiger partial charge in [0.2, 0.25) is 0 Å². The highest BCUT2D eigenvalue weighted by molar-refractivity contribution is 5.00. The Labute approximate surface area is 266 Å². The van der Waals surface area contributed by atoms with Crippen molar-refractivity contribution in [1.29, 1.82) is 0 Å². The molecule has 268 valence electrons. The third-order valence-electron chi connectivity index (χ3n) is 10.5. The summed E-state index contributed by atoms with van der Waals surface area (Å²) in [5.74, 6) is -0.704. The summed E-state index contributed by atoms with van der Waals surface area (Å²) in [5, 5.41) is 103. The van der Waals surface area contributed by atoms with Crippen LogP contribution in [0.3, 0.4) is 0 Å². The van der Waals surface area contributed by atoms with Crippen molar-refractivity contribution >= 4 is 0 Å². The van der Waals surface area contributed by atoms with Gasteiger partial charge < -0.3 is 84.2 Å². The molecule has 0 bridgehead atoms. The van der Waals surface area contributed by atoms with Gasteiger partial charge in [-0.05, 0) is 19.3 Å². The molecule has 5 rings (SSSR count). The molecule has 2 saturated carbocycles. The van der Waals surface area contributed by atoms with Crippen molar-refractivity contribution in [3.05, 3.63) is 0 Å². The summed E-state index contributed by atoms with van der Waals surface area (Å²) in [4.78, 5) is 0. The second-order valence-electron chi connectivity index (χ2n) is 13.2. The van der Waals surface area contributed by atoms with Gasteiger partial charge >= 0.3 is 0 Å². The first-order chi connectivity index (χ1) is 21.9. The van der Waals surface area contributed by atoms with Crippen LogP contribution in [0, 0.1) is 11.8 Å². The Kier molecular flexibility index (Phi) is 12.3. The third kappa shape index (κ3) is 7.27. The van der Waals surface area contributed by atoms with E-state index in [-0.39, 0.29) is 25.2 Å². The summed E-state index contributed by atoms with van der Waals surface area (Å²) in [7, 11) is 2.97. The van der Waals surface area contributed by atoms with E-state index in [1.165, 1.54) is 14.2 Å². The molecule has 17 heteroatoms. The highest BCUT2D eigenvalue weighted by atomic mass is 16.7. The Morgan fingerprint density at radius 1 is 0.587 bits per heavy atom. The van der Waals surface area contributed by atoms with Crippen molar-refractivity contribution in [2.24, 2.45) is 11.8 Å². The highest BCUT2D eigenvalue weighted by Gasteiger charge is 2.57. The number of hydrogen-bond acceptors (Lipinski definition) is 16. The first kappa shape index (κ1) is 36.6. The highest BCUT2D eigenvalue weighted by Crippen LogP contribution is 2.43. The normalized spacial score (nSPS) is 53.5. The van der Waals surface area contributed by atoms with Crippen LogP contribution in [0.5, 0.6) is 0 Å². The lowest BCUT2D eigenvalue weighted by atomic mass is 9.72. The van der Waals surface area contributed by atoms with Gasteiger partial charge in [-0.2, -0.15) is 0 Å². The van der Waals surface area contributed by atoms with Gasteiger partial charge in [-0.15, -0.1) is 0 Å². The van der Waals surface area contributed by atoms with Crippen LogP contribution in [0.15, 0.2) is 0 Å². The van der Waals surface area contributed by atoms with E-state index in [4.69, 9.17) is 33.2 Å². The SMILES string of the molecule is COC1CC(C2[OH+]C3CC(O[C@@H]4O[C@H](CO)[C@@H](O)[C@@H](O)[C@H]4O)CC(O)C3CC2O[C@H]2O[C@@H](CO)[C@H](O)[C@H](O)[C@@H]2O)CC(OC)C1O. The van der Waals surface area contributed by atoms with Gasteiger partial charge in [0.25, 0.3) is 0 Å². The summed E-state index contributed by atoms with van der Waals surface area (Å²) in [6, 6.07) is 0. The molecule has 18 atom stereocenters. The zero-order valence-corrected chi connectivity index (χ0v) is 25.9. The maximum absolute atomic E-state index is 11.3. The van der Waals surface area contributed by atoms with Crippen molar-refractivity contribution in [3.63, 3.8) is 0 Å². The summed E-state index contributed by atoms with van der Waals surface area (Å²) in [5.41, 5.74) is 0. The largest absolute Gasteiger partial charge is 0.427 e. The molecule has 3 aliphatic heterocycles. The van der Waals surface area contributed by atoms with E-state index in [2.05, 4.69) is 0 Å². The summed E-state index contributed by atoms with van der Waals surface area (Å²) in [6.07, 6.45) is -18.9. The molecule has 3 saturated heterocycles. The van der Waals surface area contributed by atoms with Gasteiger partial charge in [0.15, 0.2) is 24.8 Å². The van der Waals surface area contributed by atoms with E-state index in [1.807, 2.05) is 0 Å². The quantitative estimate of drug-likeness (QED) is 0.103. The Hall–Kier alpha value is -0.680. The molecular weight excluding hydrogens is 620 g/mol. The van der Waals surface area contributed by atoms with Gasteiger partial charge in [0.05, 0.1) is 43.5 Å². The van der Waals surface area contributed by atoms with Crippen molar-refractivity contribution in [2.75, 3.05) is 27.4 Å². The maximum Gasteiger partial charge on any atom is 0.187 e. The predicted octanol–water partition coefficient (Wildman–Crippen LogP) is -5.40. The fourth-order valence-electron chi connectivity index (χ4n) is 7.81. The standard InChI is InChI=1S/C29H50O17/c1-40-15-3-10(4-16(41-2)20(15)33)27-17(44-29-26(39)24(37)22(35)19(9-31)46-29)7-12-13(32)5-11(6-14(12)43-27)42-28-25(38)23(36)21(34)18(8-30)45-28/h10-39H,3-9H2,1-2H3/p+1/t10?,11?,12?,13?,14?,15?,16?,17?,18-,19+,20?,21-,22+,23-,24+,25-,26+,27?,28-,29+/m1/s1. The number of aliphatic hydroxyl groups excluding tert-OH is 10. The second kappa shape index (κ2) is 15.5. The summed E-state index contributed by atoms with van der Waals surface area (Å²) < 4.78 is 39.6. The number of hydrogen-bond donors (Lipinski definition) is 10. The van der Waals surface area contributed by atoms with E-state index in [9.17, 15) is 51.1 Å². The molecule has 3 heterocycles. The zero-order valence-electron chi connectivity index (χ0n) is 25.9. The van der Waals surface area contributed by atoms with E-state index >= 15 is 0 Å². The van der Waals surface area contributed by atoms with Gasteiger partial charge in [-0.1, -0.05) is 0 Å². The van der Waals surface area contributed by atoms with Crippen LogP contribution in [0.2, 0.25) is 0 Å². The lowest BCUT2D eigenvalue weighted by Gasteiger charge is -2.50. The second-order valence-corrected chi connectivity index (χ2v) is 13.2. The van der Waals surface area contributed by atoms with Crippen LogP contribution in [0.25, 0.3) is 0 Å². The summed E-state index contributed by atoms with van der Waals surface area (Å²) >= 11 is 0. The fraction of sp³-hybridized carbons (Fsp3) is 1.00. The molecule has 0 aromatic rings. The lowest BCUT2D eigenvalue weighted by molar-refractivity contribution is -0.363. The maximum atomic E-state index is 11.3. The van der Waals surface area contributed by atoms with Gasteiger partial charge in [-0.25, -0.2) is 0 Å². The molecule has 46 heavy (non-hydrogen) atoms. The molecule has 0 radical (unpaired) electrons. The van der Waals surface area contributed by atoms with Crippen LogP contribution < -0.4 is 0 Å². The van der Waals surface area contributed by atoms with Gasteiger partial charge in [0, 0.05) is 33.0 Å². The smallest absolute Gasteiger partial charge is 0.187 e. The molecular formula is C29H51O17+. The van der Waals surface area contributed by atoms with Crippen molar-refractivity contribution in [3.8, 4) is 0 Å². The van der Waals surface area contributed by atoms with Crippen LogP contribution in [0.1, 0.15) is 32.1 Å². The monoisotopic (exact) mass is 671 g/mol. The number of rotatable bonds is 9. The molecule has 8 unspecified atom stereocenters. The molecule has 11 N–H and O–H groups in total. The fourth-order valence-corrected chi connectivity index (χ4v) is 7.81. The Balaban J connectivity index is 1.36. The molecule has 5 aliphatic rings. The first-order valence-corrected chi connectivity index (χ1v) is 16.0. The van der Waals surface area contributed by atoms with E-state index < -0.39 is 129 Å². The minimum atomic E-state index is -1.65. The average molecular weight is 672 g/mol. The van der Waals surface area contributed by atoms with Crippen LogP contribution >= 0.6 is 0 Å². The average Bonchev–Trinajstić information content (AvgIpc) is 3.05. The van der Waals surface area contributed by atoms with Gasteiger partial charge in [0.1, 0.15) is 61.0 Å². The van der Waals surface area contributed by atoms with Crippen molar-refractivity contribution < 1.29 is 84.2 Å². The van der Waals surface area contributed by atoms with Crippen molar-refractivity contribution in [1.82, 2.24) is 0 Å². The molecule has 0 amide bonds. The zero-order chi connectivity index (χ0) is 33.4. The molecule has 17 nitrogen and oxygen atoms in total. The Bertz CT molecular complexity index is 945. The number of aliphatic hydroxyl groups is 12. The van der Waals surface area contributed by atoms with Gasteiger partial charge in [-0.3, -0.25) is 0 Å². The van der Waals surface area contributed by atoms with Crippen LogP contribution in [-0.4, -0.2) is 193 Å². The van der Waals surface area contributed by atoms with Crippen LogP contribution in [-0.2, 0) is 28.4 Å². The summed E-state index contributed by atoms with van der Waals surface area (Å²) in [6.45, 7) is -1.25. The molecule has 0 spiro atoms.